The number of carbonyl (C=O) groups is 2. The van der Waals surface area contributed by atoms with Crippen LogP contribution in [0.5, 0.6) is 11.5 Å². The zero-order chi connectivity index (χ0) is 20.1. The van der Waals surface area contributed by atoms with E-state index in [9.17, 15) is 9.59 Å². The summed E-state index contributed by atoms with van der Waals surface area (Å²) in [6, 6.07) is 14.4. The number of ether oxygens (including phenoxy) is 3. The van der Waals surface area contributed by atoms with Crippen molar-refractivity contribution < 1.29 is 23.8 Å². The maximum absolute atomic E-state index is 12.5. The number of hydrogen-bond acceptors (Lipinski definition) is 7. The summed E-state index contributed by atoms with van der Waals surface area (Å²) < 4.78 is 15.6. The summed E-state index contributed by atoms with van der Waals surface area (Å²) in [5, 5.41) is 0.728. The number of methoxy groups -OCH3 is 2. The standard InChI is InChI=1S/C21H19NO5S/c1-13-19(28-20(22-13)14-7-5-4-6-8-14)21(24)27-12-17(23)16-11-15(25-2)9-10-18(16)26-3/h4-11H,12H2,1-3H3. The van der Waals surface area contributed by atoms with Crippen LogP contribution in [0, 0.1) is 6.92 Å². The van der Waals surface area contributed by atoms with E-state index >= 15 is 0 Å². The predicted octanol–water partition coefficient (Wildman–Crippen LogP) is 4.18. The molecule has 28 heavy (non-hydrogen) atoms. The first-order valence-electron chi connectivity index (χ1n) is 8.48. The fraction of sp³-hybridized carbons (Fsp3) is 0.190. The van der Waals surface area contributed by atoms with Crippen LogP contribution in [-0.2, 0) is 4.74 Å². The van der Waals surface area contributed by atoms with Gasteiger partial charge in [0.2, 0.25) is 5.78 Å². The lowest BCUT2D eigenvalue weighted by molar-refractivity contribution is 0.0477. The summed E-state index contributed by atoms with van der Waals surface area (Å²) in [6.07, 6.45) is 0. The van der Waals surface area contributed by atoms with Gasteiger partial charge in [-0.15, -0.1) is 11.3 Å². The number of Topliss-reactive ketones (excluding diaryl/α,β-unsaturated/α-hetero) is 1. The molecule has 6 nitrogen and oxygen atoms in total. The van der Waals surface area contributed by atoms with Gasteiger partial charge in [0, 0.05) is 5.56 Å². The minimum atomic E-state index is -0.576. The van der Waals surface area contributed by atoms with Crippen molar-refractivity contribution in [2.75, 3.05) is 20.8 Å². The summed E-state index contributed by atoms with van der Waals surface area (Å²) >= 11 is 1.24. The van der Waals surface area contributed by atoms with E-state index in [0.717, 1.165) is 10.6 Å². The molecule has 0 atom stereocenters. The normalized spacial score (nSPS) is 10.4. The van der Waals surface area contributed by atoms with Gasteiger partial charge >= 0.3 is 5.97 Å². The molecule has 0 aliphatic carbocycles. The van der Waals surface area contributed by atoms with E-state index in [2.05, 4.69) is 4.98 Å². The molecule has 1 heterocycles. The molecule has 7 heteroatoms. The van der Waals surface area contributed by atoms with Crippen LogP contribution in [0.25, 0.3) is 10.6 Å². The molecular formula is C21H19NO5S. The molecule has 3 aromatic rings. The predicted molar refractivity (Wildman–Crippen MR) is 106 cm³/mol. The lowest BCUT2D eigenvalue weighted by Gasteiger charge is -2.10. The molecule has 0 aliphatic rings. The van der Waals surface area contributed by atoms with Crippen LogP contribution in [0.2, 0.25) is 0 Å². The van der Waals surface area contributed by atoms with Crippen LogP contribution in [-0.4, -0.2) is 37.6 Å². The van der Waals surface area contributed by atoms with E-state index in [-0.39, 0.29) is 5.78 Å². The summed E-state index contributed by atoms with van der Waals surface area (Å²) in [4.78, 5) is 29.8. The highest BCUT2D eigenvalue weighted by Crippen LogP contribution is 2.29. The van der Waals surface area contributed by atoms with Crippen LogP contribution in [0.15, 0.2) is 48.5 Å². The molecular weight excluding hydrogens is 378 g/mol. The summed E-state index contributed by atoms with van der Waals surface area (Å²) in [5.41, 5.74) is 1.78. The third kappa shape index (κ3) is 4.20. The molecule has 0 aliphatic heterocycles. The van der Waals surface area contributed by atoms with Gasteiger partial charge in [0.25, 0.3) is 0 Å². The van der Waals surface area contributed by atoms with Crippen LogP contribution in [0.4, 0.5) is 0 Å². The fourth-order valence-corrected chi connectivity index (χ4v) is 3.56. The minimum absolute atomic E-state index is 0.292. The molecule has 2 aromatic carbocycles. The zero-order valence-electron chi connectivity index (χ0n) is 15.7. The lowest BCUT2D eigenvalue weighted by Crippen LogP contribution is -2.15. The molecule has 144 valence electrons. The highest BCUT2D eigenvalue weighted by atomic mass is 32.1. The number of benzene rings is 2. The van der Waals surface area contributed by atoms with E-state index in [1.165, 1.54) is 25.6 Å². The number of aromatic nitrogens is 1. The third-order valence-electron chi connectivity index (χ3n) is 4.04. The highest BCUT2D eigenvalue weighted by molar-refractivity contribution is 7.17. The highest BCUT2D eigenvalue weighted by Gasteiger charge is 2.20. The Labute approximate surface area is 166 Å². The van der Waals surface area contributed by atoms with Crippen molar-refractivity contribution in [3.05, 3.63) is 64.7 Å². The zero-order valence-corrected chi connectivity index (χ0v) is 16.5. The summed E-state index contributed by atoms with van der Waals surface area (Å²) in [7, 11) is 2.98. The number of carbonyl (C=O) groups excluding carboxylic acids is 2. The van der Waals surface area contributed by atoms with Crippen molar-refractivity contribution in [1.29, 1.82) is 0 Å². The molecule has 0 unspecified atom stereocenters. The third-order valence-corrected chi connectivity index (χ3v) is 5.23. The Morgan fingerprint density at radius 1 is 1.04 bits per heavy atom. The molecule has 0 saturated heterocycles. The maximum Gasteiger partial charge on any atom is 0.350 e. The van der Waals surface area contributed by atoms with Crippen LogP contribution in [0.1, 0.15) is 25.7 Å². The first kappa shape index (κ1) is 19.6. The maximum atomic E-state index is 12.5. The average Bonchev–Trinajstić information content (AvgIpc) is 3.13. The number of esters is 1. The molecule has 0 amide bonds. The van der Waals surface area contributed by atoms with Gasteiger partial charge < -0.3 is 14.2 Å². The Morgan fingerprint density at radius 3 is 2.46 bits per heavy atom. The molecule has 0 N–H and O–H groups in total. The largest absolute Gasteiger partial charge is 0.497 e. The Hall–Kier alpha value is -3.19. The topological polar surface area (TPSA) is 74.7 Å². The SMILES string of the molecule is COc1ccc(OC)c(C(=O)COC(=O)c2sc(-c3ccccc3)nc2C)c1. The van der Waals surface area contributed by atoms with Crippen molar-refractivity contribution in [1.82, 2.24) is 4.98 Å². The molecule has 0 bridgehead atoms. The van der Waals surface area contributed by atoms with Crippen LogP contribution >= 0.6 is 11.3 Å². The minimum Gasteiger partial charge on any atom is -0.497 e. The van der Waals surface area contributed by atoms with Crippen LogP contribution < -0.4 is 9.47 Å². The van der Waals surface area contributed by atoms with Crippen LogP contribution in [0.3, 0.4) is 0 Å². The Kier molecular flexibility index (Phi) is 6.06. The lowest BCUT2D eigenvalue weighted by atomic mass is 10.1. The van der Waals surface area contributed by atoms with E-state index in [1.54, 1.807) is 25.1 Å². The molecule has 0 saturated carbocycles. The second-order valence-electron chi connectivity index (χ2n) is 5.87. The van der Waals surface area contributed by atoms with Gasteiger partial charge in [-0.1, -0.05) is 30.3 Å². The first-order chi connectivity index (χ1) is 13.5. The second-order valence-corrected chi connectivity index (χ2v) is 6.86. The number of rotatable bonds is 7. The molecule has 1 aromatic heterocycles. The number of hydrogen-bond donors (Lipinski definition) is 0. The van der Waals surface area contributed by atoms with Gasteiger partial charge in [0.1, 0.15) is 21.4 Å². The molecule has 0 fully saturated rings. The van der Waals surface area contributed by atoms with Crippen molar-refractivity contribution in [2.45, 2.75) is 6.92 Å². The number of aryl methyl sites for hydroxylation is 1. The number of thiazole rings is 1. The monoisotopic (exact) mass is 397 g/mol. The van der Waals surface area contributed by atoms with Gasteiger partial charge in [-0.3, -0.25) is 4.79 Å². The van der Waals surface area contributed by atoms with Crippen molar-refractivity contribution in [2.24, 2.45) is 0 Å². The van der Waals surface area contributed by atoms with Gasteiger partial charge in [-0.2, -0.15) is 0 Å². The number of nitrogens with zero attached hydrogens (tertiary/aromatic N) is 1. The molecule has 0 radical (unpaired) electrons. The van der Waals surface area contributed by atoms with Gasteiger partial charge in [0.15, 0.2) is 6.61 Å². The van der Waals surface area contributed by atoms with Gasteiger partial charge in [-0.25, -0.2) is 9.78 Å². The van der Waals surface area contributed by atoms with E-state index < -0.39 is 12.6 Å². The van der Waals surface area contributed by atoms with Crippen molar-refractivity contribution in [3.63, 3.8) is 0 Å². The second kappa shape index (κ2) is 8.67. The van der Waals surface area contributed by atoms with E-state index in [4.69, 9.17) is 14.2 Å². The Balaban J connectivity index is 1.73. The number of ketones is 1. The average molecular weight is 397 g/mol. The summed E-state index contributed by atoms with van der Waals surface area (Å²) in [6.45, 7) is 1.34. The van der Waals surface area contributed by atoms with Crippen molar-refractivity contribution >= 4 is 23.1 Å². The molecule has 3 rings (SSSR count). The van der Waals surface area contributed by atoms with Crippen molar-refractivity contribution in [3.8, 4) is 22.1 Å². The smallest absolute Gasteiger partial charge is 0.350 e. The Morgan fingerprint density at radius 2 is 1.79 bits per heavy atom. The van der Waals surface area contributed by atoms with E-state index in [0.29, 0.717) is 27.6 Å². The van der Waals surface area contributed by atoms with Gasteiger partial charge in [0.05, 0.1) is 25.5 Å². The van der Waals surface area contributed by atoms with Gasteiger partial charge in [-0.05, 0) is 25.1 Å². The summed E-state index contributed by atoms with van der Waals surface area (Å²) in [5.74, 6) is -0.0505. The fourth-order valence-electron chi connectivity index (χ4n) is 2.60. The van der Waals surface area contributed by atoms with E-state index in [1.807, 2.05) is 30.3 Å². The molecule has 0 spiro atoms. The Bertz CT molecular complexity index is 997. The quantitative estimate of drug-likeness (QED) is 0.440. The first-order valence-corrected chi connectivity index (χ1v) is 9.30.